The number of carbonyl (C=O) groups excluding carboxylic acids is 1. The van der Waals surface area contributed by atoms with Crippen molar-refractivity contribution in [3.8, 4) is 0 Å². The lowest BCUT2D eigenvalue weighted by Crippen LogP contribution is -2.52. The molecule has 0 aromatic heterocycles. The van der Waals surface area contributed by atoms with Gasteiger partial charge in [0.05, 0.1) is 0 Å². The number of carbonyl (C=O) groups is 1. The second kappa shape index (κ2) is 4.20. The molecular weight excluding hydrogens is 176 g/mol. The van der Waals surface area contributed by atoms with Crippen LogP contribution in [0.3, 0.4) is 0 Å². The van der Waals surface area contributed by atoms with Gasteiger partial charge in [0.2, 0.25) is 0 Å². The number of rotatable bonds is 1. The molecule has 2 aliphatic rings. The van der Waals surface area contributed by atoms with Crippen molar-refractivity contribution in [1.29, 1.82) is 0 Å². The van der Waals surface area contributed by atoms with Crippen LogP contribution in [-0.4, -0.2) is 30.1 Å². The largest absolute Gasteiger partial charge is 0.338 e. The molecule has 0 radical (unpaired) electrons. The molecule has 2 fully saturated rings. The van der Waals surface area contributed by atoms with Crippen molar-refractivity contribution in [2.45, 2.75) is 45.1 Å². The van der Waals surface area contributed by atoms with Crippen LogP contribution >= 0.6 is 0 Å². The molecule has 0 aromatic rings. The Morgan fingerprint density at radius 1 is 1.36 bits per heavy atom. The van der Waals surface area contributed by atoms with Gasteiger partial charge in [0.1, 0.15) is 0 Å². The van der Waals surface area contributed by atoms with Crippen LogP contribution in [-0.2, 0) is 0 Å². The Balaban J connectivity index is 1.94. The summed E-state index contributed by atoms with van der Waals surface area (Å²) in [4.78, 5) is 13.7. The molecule has 2 atom stereocenters. The third-order valence-electron chi connectivity index (χ3n) is 3.46. The minimum absolute atomic E-state index is 0.162. The highest BCUT2D eigenvalue weighted by atomic mass is 16.2. The van der Waals surface area contributed by atoms with Gasteiger partial charge >= 0.3 is 6.03 Å². The fourth-order valence-corrected chi connectivity index (χ4v) is 2.68. The third kappa shape index (κ3) is 2.02. The molecule has 2 amide bonds. The maximum absolute atomic E-state index is 11.6. The summed E-state index contributed by atoms with van der Waals surface area (Å²) in [5.74, 6) is 0.795. The Bertz CT molecular complexity index is 217. The Kier molecular flexibility index (Phi) is 2.94. The number of hydrogen-bond acceptors (Lipinski definition) is 1. The predicted octanol–water partition coefficient (Wildman–Crippen LogP) is 1.98. The number of nitrogens with one attached hydrogen (secondary N) is 1. The average molecular weight is 196 g/mol. The van der Waals surface area contributed by atoms with Gasteiger partial charge in [-0.15, -0.1) is 0 Å². The summed E-state index contributed by atoms with van der Waals surface area (Å²) >= 11 is 0. The molecule has 3 heteroatoms. The molecule has 1 saturated carbocycles. The van der Waals surface area contributed by atoms with Gasteiger partial charge in [0.25, 0.3) is 0 Å². The van der Waals surface area contributed by atoms with Gasteiger partial charge in [-0.1, -0.05) is 19.8 Å². The van der Waals surface area contributed by atoms with Crippen molar-refractivity contribution in [2.75, 3.05) is 13.1 Å². The molecule has 80 valence electrons. The van der Waals surface area contributed by atoms with Crippen LogP contribution in [0, 0.1) is 5.92 Å². The third-order valence-corrected chi connectivity index (χ3v) is 3.46. The van der Waals surface area contributed by atoms with E-state index in [1.54, 1.807) is 0 Å². The van der Waals surface area contributed by atoms with E-state index in [-0.39, 0.29) is 6.03 Å². The topological polar surface area (TPSA) is 32.3 Å². The van der Waals surface area contributed by atoms with Gasteiger partial charge in [-0.25, -0.2) is 4.79 Å². The Morgan fingerprint density at radius 3 is 2.93 bits per heavy atom. The van der Waals surface area contributed by atoms with Gasteiger partial charge in [0.15, 0.2) is 0 Å². The summed E-state index contributed by atoms with van der Waals surface area (Å²) in [5.41, 5.74) is 0. The van der Waals surface area contributed by atoms with E-state index in [9.17, 15) is 4.79 Å². The summed E-state index contributed by atoms with van der Waals surface area (Å²) in [6, 6.07) is 0.675. The van der Waals surface area contributed by atoms with Crippen molar-refractivity contribution >= 4 is 6.03 Å². The molecule has 0 aromatic carbocycles. The lowest BCUT2D eigenvalue weighted by Gasteiger charge is -2.38. The lowest BCUT2D eigenvalue weighted by atomic mass is 9.86. The zero-order valence-electron chi connectivity index (χ0n) is 8.96. The minimum Gasteiger partial charge on any atom is -0.338 e. The number of hydrogen-bond donors (Lipinski definition) is 1. The first-order valence-corrected chi connectivity index (χ1v) is 5.82. The summed E-state index contributed by atoms with van der Waals surface area (Å²) in [5, 5.41) is 2.93. The normalized spacial score (nSPS) is 34.1. The van der Waals surface area contributed by atoms with Gasteiger partial charge in [-0.3, -0.25) is 0 Å². The second-order valence-corrected chi connectivity index (χ2v) is 4.70. The standard InChI is InChI=1S/C11H20N2O/c1-9-4-2-5-10(8-9)13-7-3-6-12-11(13)14/h9-10H,2-8H2,1H3,(H,12,14). The van der Waals surface area contributed by atoms with Crippen LogP contribution < -0.4 is 5.32 Å². The molecular formula is C11H20N2O. The zero-order valence-corrected chi connectivity index (χ0v) is 8.96. The Labute approximate surface area is 85.8 Å². The summed E-state index contributed by atoms with van der Waals surface area (Å²) in [6.45, 7) is 4.12. The fraction of sp³-hybridized carbons (Fsp3) is 0.909. The quantitative estimate of drug-likeness (QED) is 0.683. The van der Waals surface area contributed by atoms with Crippen molar-refractivity contribution in [3.05, 3.63) is 0 Å². The monoisotopic (exact) mass is 196 g/mol. The van der Waals surface area contributed by atoms with Crippen LogP contribution in [0.1, 0.15) is 39.0 Å². The summed E-state index contributed by atoms with van der Waals surface area (Å²) in [6.07, 6.45) is 6.14. The van der Waals surface area contributed by atoms with Crippen molar-refractivity contribution in [2.24, 2.45) is 5.92 Å². The van der Waals surface area contributed by atoms with Gasteiger partial charge in [0, 0.05) is 19.1 Å². The van der Waals surface area contributed by atoms with Crippen molar-refractivity contribution in [3.63, 3.8) is 0 Å². The smallest absolute Gasteiger partial charge is 0.317 e. The maximum atomic E-state index is 11.6. The Morgan fingerprint density at radius 2 is 2.21 bits per heavy atom. The molecule has 2 unspecified atom stereocenters. The fourth-order valence-electron chi connectivity index (χ4n) is 2.68. The SMILES string of the molecule is CC1CCCC(N2CCCNC2=O)C1. The first kappa shape index (κ1) is 9.81. The number of urea groups is 1. The molecule has 0 bridgehead atoms. The van der Waals surface area contributed by atoms with E-state index in [1.807, 2.05) is 0 Å². The zero-order chi connectivity index (χ0) is 9.97. The number of amides is 2. The number of nitrogens with zero attached hydrogens (tertiary/aromatic N) is 1. The van der Waals surface area contributed by atoms with Crippen LogP contribution in [0.25, 0.3) is 0 Å². The molecule has 0 spiro atoms. The van der Waals surface area contributed by atoms with E-state index >= 15 is 0 Å². The first-order valence-electron chi connectivity index (χ1n) is 5.82. The van der Waals surface area contributed by atoms with Crippen LogP contribution in [0.2, 0.25) is 0 Å². The molecule has 1 N–H and O–H groups in total. The summed E-state index contributed by atoms with van der Waals surface area (Å²) in [7, 11) is 0. The van der Waals surface area contributed by atoms with E-state index in [4.69, 9.17) is 0 Å². The molecule has 1 saturated heterocycles. The molecule has 1 aliphatic carbocycles. The van der Waals surface area contributed by atoms with E-state index in [0.717, 1.165) is 25.4 Å². The van der Waals surface area contributed by atoms with Crippen LogP contribution in [0.15, 0.2) is 0 Å². The van der Waals surface area contributed by atoms with E-state index in [2.05, 4.69) is 17.1 Å². The van der Waals surface area contributed by atoms with Gasteiger partial charge < -0.3 is 10.2 Å². The lowest BCUT2D eigenvalue weighted by molar-refractivity contribution is 0.130. The average Bonchev–Trinajstić information content (AvgIpc) is 2.18. The molecule has 2 rings (SSSR count). The molecule has 1 aliphatic heterocycles. The van der Waals surface area contributed by atoms with Gasteiger partial charge in [-0.05, 0) is 25.2 Å². The van der Waals surface area contributed by atoms with E-state index < -0.39 is 0 Å². The van der Waals surface area contributed by atoms with Gasteiger partial charge in [-0.2, -0.15) is 0 Å². The van der Waals surface area contributed by atoms with Crippen molar-refractivity contribution < 1.29 is 4.79 Å². The molecule has 1 heterocycles. The van der Waals surface area contributed by atoms with E-state index in [1.165, 1.54) is 25.7 Å². The van der Waals surface area contributed by atoms with Crippen LogP contribution in [0.4, 0.5) is 4.79 Å². The molecule has 14 heavy (non-hydrogen) atoms. The predicted molar refractivity (Wildman–Crippen MR) is 56.1 cm³/mol. The van der Waals surface area contributed by atoms with Crippen LogP contribution in [0.5, 0.6) is 0 Å². The highest BCUT2D eigenvalue weighted by Gasteiger charge is 2.29. The summed E-state index contributed by atoms with van der Waals surface area (Å²) < 4.78 is 0. The Hall–Kier alpha value is -0.730. The maximum Gasteiger partial charge on any atom is 0.317 e. The highest BCUT2D eigenvalue weighted by Crippen LogP contribution is 2.27. The van der Waals surface area contributed by atoms with Crippen molar-refractivity contribution in [1.82, 2.24) is 10.2 Å². The highest BCUT2D eigenvalue weighted by molar-refractivity contribution is 5.75. The second-order valence-electron chi connectivity index (χ2n) is 4.70. The minimum atomic E-state index is 0.162. The first-order chi connectivity index (χ1) is 6.77. The van der Waals surface area contributed by atoms with E-state index in [0.29, 0.717) is 6.04 Å². The molecule has 3 nitrogen and oxygen atoms in total.